The average molecular weight is 471 g/mol. The Morgan fingerprint density at radius 2 is 2.03 bits per heavy atom. The first-order valence-electron chi connectivity index (χ1n) is 12.5. The van der Waals surface area contributed by atoms with Crippen molar-refractivity contribution >= 4 is 16.9 Å². The molecule has 35 heavy (non-hydrogen) atoms. The molecule has 180 valence electrons. The van der Waals surface area contributed by atoms with Gasteiger partial charge in [0.25, 0.3) is 0 Å². The van der Waals surface area contributed by atoms with E-state index in [0.29, 0.717) is 6.04 Å². The number of nitrogens with one attached hydrogen (secondary N) is 2. The summed E-state index contributed by atoms with van der Waals surface area (Å²) in [5.41, 5.74) is 8.22. The first-order chi connectivity index (χ1) is 17.1. The van der Waals surface area contributed by atoms with Crippen molar-refractivity contribution < 1.29 is 9.53 Å². The smallest absolute Gasteiger partial charge is 0.217 e. The third-order valence-electron chi connectivity index (χ3n) is 7.47. The molecule has 0 unspecified atom stereocenters. The highest BCUT2D eigenvalue weighted by Crippen LogP contribution is 2.39. The van der Waals surface area contributed by atoms with Crippen molar-refractivity contribution in [2.45, 2.75) is 64.0 Å². The minimum absolute atomic E-state index is 0.0455. The number of aromatic nitrogens is 5. The maximum absolute atomic E-state index is 11.4. The molecule has 0 aliphatic heterocycles. The van der Waals surface area contributed by atoms with Gasteiger partial charge in [-0.25, -0.2) is 4.98 Å². The van der Waals surface area contributed by atoms with Gasteiger partial charge in [-0.2, -0.15) is 10.2 Å². The van der Waals surface area contributed by atoms with Crippen LogP contribution in [0.15, 0.2) is 36.7 Å². The Kier molecular flexibility index (Phi) is 5.51. The van der Waals surface area contributed by atoms with Crippen molar-refractivity contribution in [3.8, 4) is 28.3 Å². The monoisotopic (exact) mass is 470 g/mol. The van der Waals surface area contributed by atoms with E-state index in [0.717, 1.165) is 77.8 Å². The number of aromatic amines is 1. The Hall–Kier alpha value is -3.68. The maximum atomic E-state index is 11.4. The molecule has 0 saturated heterocycles. The number of H-pyrrole nitrogens is 1. The summed E-state index contributed by atoms with van der Waals surface area (Å²) in [5.74, 6) is 0.795. The van der Waals surface area contributed by atoms with E-state index in [1.54, 1.807) is 14.0 Å². The summed E-state index contributed by atoms with van der Waals surface area (Å²) in [7, 11) is 1.69. The number of nitrogens with zero attached hydrogens (tertiary/aromatic N) is 4. The van der Waals surface area contributed by atoms with Gasteiger partial charge in [-0.3, -0.25) is 14.6 Å². The number of aryl methyl sites for hydroxylation is 1. The second kappa shape index (κ2) is 8.83. The summed E-state index contributed by atoms with van der Waals surface area (Å²) in [6.07, 6.45) is 11.2. The molecule has 0 spiro atoms. The van der Waals surface area contributed by atoms with Gasteiger partial charge in [0.2, 0.25) is 5.91 Å². The lowest BCUT2D eigenvalue weighted by Crippen LogP contribution is -2.36. The number of carbonyl (C=O) groups excluding carboxylic acids is 1. The van der Waals surface area contributed by atoms with Crippen molar-refractivity contribution in [3.05, 3.63) is 47.8 Å². The summed E-state index contributed by atoms with van der Waals surface area (Å²) in [5, 5.41) is 15.5. The molecule has 1 saturated carbocycles. The average Bonchev–Trinajstić information content (AvgIpc) is 3.62. The molecule has 1 aromatic carbocycles. The van der Waals surface area contributed by atoms with E-state index in [1.807, 2.05) is 16.9 Å². The lowest BCUT2D eigenvalue weighted by Gasteiger charge is -2.28. The Balaban J connectivity index is 1.33. The van der Waals surface area contributed by atoms with Crippen molar-refractivity contribution in [2.75, 3.05) is 7.11 Å². The largest absolute Gasteiger partial charge is 0.494 e. The molecule has 2 aliphatic carbocycles. The van der Waals surface area contributed by atoms with E-state index < -0.39 is 0 Å². The normalized spacial score (nSPS) is 19.6. The molecule has 3 aromatic heterocycles. The van der Waals surface area contributed by atoms with Gasteiger partial charge in [0, 0.05) is 36.4 Å². The summed E-state index contributed by atoms with van der Waals surface area (Å²) in [6, 6.07) is 9.08. The molecule has 8 nitrogen and oxygen atoms in total. The number of pyridine rings is 1. The van der Waals surface area contributed by atoms with Crippen LogP contribution < -0.4 is 10.1 Å². The zero-order valence-corrected chi connectivity index (χ0v) is 20.2. The van der Waals surface area contributed by atoms with Gasteiger partial charge < -0.3 is 10.1 Å². The lowest BCUT2D eigenvalue weighted by atomic mass is 9.91. The van der Waals surface area contributed by atoms with Gasteiger partial charge >= 0.3 is 0 Å². The van der Waals surface area contributed by atoms with Crippen LogP contribution in [0.3, 0.4) is 0 Å². The Morgan fingerprint density at radius 3 is 2.83 bits per heavy atom. The third kappa shape index (κ3) is 3.96. The molecule has 2 aliphatic rings. The number of hydrogen-bond donors (Lipinski definition) is 2. The van der Waals surface area contributed by atoms with Gasteiger partial charge in [-0.1, -0.05) is 18.2 Å². The van der Waals surface area contributed by atoms with Crippen LogP contribution in [-0.2, 0) is 17.6 Å². The topological polar surface area (TPSA) is 97.7 Å². The van der Waals surface area contributed by atoms with Crippen LogP contribution in [0.5, 0.6) is 5.75 Å². The molecular formula is C27H30N6O2. The second-order valence-corrected chi connectivity index (χ2v) is 9.72. The fraction of sp³-hybridized carbons (Fsp3) is 0.407. The highest BCUT2D eigenvalue weighted by atomic mass is 16.5. The molecule has 2 N–H and O–H groups in total. The molecule has 6 rings (SSSR count). The molecule has 4 aromatic rings. The zero-order valence-electron chi connectivity index (χ0n) is 20.2. The summed E-state index contributed by atoms with van der Waals surface area (Å²) in [4.78, 5) is 16.5. The molecule has 0 bridgehead atoms. The maximum Gasteiger partial charge on any atom is 0.217 e. The Labute approximate surface area is 204 Å². The van der Waals surface area contributed by atoms with Crippen molar-refractivity contribution in [3.63, 3.8) is 0 Å². The molecule has 0 atom stereocenters. The van der Waals surface area contributed by atoms with Crippen LogP contribution in [0.4, 0.5) is 0 Å². The number of methoxy groups -OCH3 is 1. The van der Waals surface area contributed by atoms with Crippen LogP contribution in [0.1, 0.15) is 56.2 Å². The number of fused-ring (bicyclic) bond motifs is 2. The van der Waals surface area contributed by atoms with Crippen LogP contribution in [-0.4, -0.2) is 44.0 Å². The number of hydrogen-bond acceptors (Lipinski definition) is 5. The van der Waals surface area contributed by atoms with Crippen molar-refractivity contribution in [1.29, 1.82) is 0 Å². The van der Waals surface area contributed by atoms with Gasteiger partial charge in [-0.05, 0) is 56.1 Å². The van der Waals surface area contributed by atoms with Crippen LogP contribution >= 0.6 is 0 Å². The fourth-order valence-electron chi connectivity index (χ4n) is 5.75. The van der Waals surface area contributed by atoms with Crippen molar-refractivity contribution in [1.82, 2.24) is 30.3 Å². The summed E-state index contributed by atoms with van der Waals surface area (Å²) < 4.78 is 7.80. The zero-order chi connectivity index (χ0) is 23.9. The summed E-state index contributed by atoms with van der Waals surface area (Å²) >= 11 is 0. The SMILES string of the molecule is COc1cc2[nH]nc(-c3cnn(C4CCC(NC(C)=O)CC4)c3)c2nc1-c1cccc2c1CCC2. The number of rotatable bonds is 5. The first kappa shape index (κ1) is 21.8. The van der Waals surface area contributed by atoms with E-state index in [2.05, 4.69) is 45.0 Å². The standard InChI is InChI=1S/C27H30N6O2/c1-16(34)29-19-9-11-20(12-10-19)33-15-18(14-28-33)25-27-23(31-32-25)13-24(35-2)26(30-27)22-8-4-6-17-5-3-7-21(17)22/h4,6,8,13-15,19-20H,3,5,7,9-12H2,1-2H3,(H,29,34)(H,31,32). The minimum Gasteiger partial charge on any atom is -0.494 e. The first-order valence-corrected chi connectivity index (χ1v) is 12.5. The number of amides is 1. The van der Waals surface area contributed by atoms with E-state index >= 15 is 0 Å². The molecule has 1 fully saturated rings. The van der Waals surface area contributed by atoms with E-state index in [-0.39, 0.29) is 11.9 Å². The van der Waals surface area contributed by atoms with Gasteiger partial charge in [0.1, 0.15) is 22.7 Å². The number of benzene rings is 1. The molecular weight excluding hydrogens is 440 g/mol. The predicted molar refractivity (Wildman–Crippen MR) is 134 cm³/mol. The molecule has 8 heteroatoms. The van der Waals surface area contributed by atoms with E-state index in [4.69, 9.17) is 9.72 Å². The fourth-order valence-corrected chi connectivity index (χ4v) is 5.75. The molecule has 1 amide bonds. The van der Waals surface area contributed by atoms with Crippen LogP contribution in [0.25, 0.3) is 33.5 Å². The second-order valence-electron chi connectivity index (χ2n) is 9.72. The summed E-state index contributed by atoms with van der Waals surface area (Å²) in [6.45, 7) is 1.58. The van der Waals surface area contributed by atoms with Crippen LogP contribution in [0, 0.1) is 0 Å². The third-order valence-corrected chi connectivity index (χ3v) is 7.47. The number of carbonyl (C=O) groups is 1. The van der Waals surface area contributed by atoms with E-state index in [9.17, 15) is 4.79 Å². The van der Waals surface area contributed by atoms with Gasteiger partial charge in [0.15, 0.2) is 0 Å². The highest BCUT2D eigenvalue weighted by Gasteiger charge is 2.25. The van der Waals surface area contributed by atoms with E-state index in [1.165, 1.54) is 17.5 Å². The minimum atomic E-state index is 0.0455. The van der Waals surface area contributed by atoms with Crippen LogP contribution in [0.2, 0.25) is 0 Å². The van der Waals surface area contributed by atoms with Gasteiger partial charge in [0.05, 0.1) is 24.9 Å². The predicted octanol–water partition coefficient (Wildman–Crippen LogP) is 4.61. The Bertz CT molecular complexity index is 1400. The van der Waals surface area contributed by atoms with Crippen molar-refractivity contribution in [2.24, 2.45) is 0 Å². The molecule has 0 radical (unpaired) electrons. The highest BCUT2D eigenvalue weighted by molar-refractivity contribution is 5.92. The lowest BCUT2D eigenvalue weighted by molar-refractivity contribution is -0.119. The molecule has 3 heterocycles. The van der Waals surface area contributed by atoms with Gasteiger partial charge in [-0.15, -0.1) is 0 Å². The number of ether oxygens (including phenoxy) is 1. The Morgan fingerprint density at radius 1 is 1.17 bits per heavy atom. The quantitative estimate of drug-likeness (QED) is 0.444.